The van der Waals surface area contributed by atoms with Crippen molar-refractivity contribution in [3.63, 3.8) is 0 Å². The van der Waals surface area contributed by atoms with Gasteiger partial charge in [-0.05, 0) is 46.2 Å². The lowest BCUT2D eigenvalue weighted by Gasteiger charge is -2.09. The van der Waals surface area contributed by atoms with Gasteiger partial charge in [-0.25, -0.2) is 9.89 Å². The van der Waals surface area contributed by atoms with Gasteiger partial charge in [0.25, 0.3) is 0 Å². The Balaban J connectivity index is 2.43. The first-order valence-electron chi connectivity index (χ1n) is 6.00. The first-order chi connectivity index (χ1) is 9.54. The Labute approximate surface area is 128 Å². The molecule has 0 fully saturated rings. The fourth-order valence-electron chi connectivity index (χ4n) is 1.75. The van der Waals surface area contributed by atoms with Crippen LogP contribution in [0.1, 0.15) is 18.9 Å². The molecular formula is C12H14BrN5OS. The molecule has 0 aliphatic heterocycles. The van der Waals surface area contributed by atoms with Crippen LogP contribution in [0.5, 0.6) is 0 Å². The molecule has 0 atom stereocenters. The van der Waals surface area contributed by atoms with E-state index in [9.17, 15) is 4.79 Å². The molecule has 8 heteroatoms. The highest BCUT2D eigenvalue weighted by Crippen LogP contribution is 2.32. The molecule has 0 bridgehead atoms. The minimum absolute atomic E-state index is 0.0279. The van der Waals surface area contributed by atoms with Gasteiger partial charge < -0.3 is 5.73 Å². The molecule has 2 rings (SSSR count). The molecule has 0 amide bonds. The molecular weight excluding hydrogens is 342 g/mol. The van der Waals surface area contributed by atoms with Crippen LogP contribution in [-0.4, -0.2) is 20.6 Å². The van der Waals surface area contributed by atoms with Crippen molar-refractivity contribution >= 4 is 33.5 Å². The van der Waals surface area contributed by atoms with Crippen LogP contribution in [0.2, 0.25) is 0 Å². The van der Waals surface area contributed by atoms with E-state index in [1.807, 2.05) is 25.1 Å². The quantitative estimate of drug-likeness (QED) is 0.565. The monoisotopic (exact) mass is 355 g/mol. The molecule has 1 heterocycles. The number of halogens is 1. The van der Waals surface area contributed by atoms with Crippen molar-refractivity contribution in [3.8, 4) is 0 Å². The second-order valence-electron chi connectivity index (χ2n) is 4.09. The molecule has 1 aromatic carbocycles. The van der Waals surface area contributed by atoms with Crippen molar-refractivity contribution in [2.75, 3.05) is 0 Å². The number of benzene rings is 1. The number of rotatable bonds is 5. The predicted octanol–water partition coefficient (Wildman–Crippen LogP) is 2.18. The fraction of sp³-hybridized carbons (Fsp3) is 0.250. The van der Waals surface area contributed by atoms with Crippen molar-refractivity contribution in [3.05, 3.63) is 38.7 Å². The number of nitrogens with one attached hydrogen (secondary N) is 2. The number of aromatic amines is 1. The maximum Gasteiger partial charge on any atom is 0.343 e. The lowest BCUT2D eigenvalue weighted by atomic mass is 10.2. The summed E-state index contributed by atoms with van der Waals surface area (Å²) in [5.41, 5.74) is 5.99. The summed E-state index contributed by atoms with van der Waals surface area (Å²) in [5, 5.41) is 14.7. The van der Waals surface area contributed by atoms with Gasteiger partial charge in [0, 0.05) is 21.5 Å². The minimum Gasteiger partial charge on any atom is -0.384 e. The molecule has 0 radical (unpaired) electrons. The van der Waals surface area contributed by atoms with E-state index in [1.54, 1.807) is 4.57 Å². The van der Waals surface area contributed by atoms with E-state index in [4.69, 9.17) is 11.1 Å². The number of aromatic nitrogens is 3. The van der Waals surface area contributed by atoms with Crippen LogP contribution >= 0.6 is 27.7 Å². The van der Waals surface area contributed by atoms with Gasteiger partial charge in [0.15, 0.2) is 5.16 Å². The lowest BCUT2D eigenvalue weighted by Crippen LogP contribution is -2.17. The van der Waals surface area contributed by atoms with Crippen LogP contribution in [-0.2, 0) is 6.54 Å². The maximum atomic E-state index is 11.7. The van der Waals surface area contributed by atoms with Crippen LogP contribution in [0.25, 0.3) is 0 Å². The highest BCUT2D eigenvalue weighted by molar-refractivity contribution is 9.10. The van der Waals surface area contributed by atoms with Crippen LogP contribution in [0.3, 0.4) is 0 Å². The van der Waals surface area contributed by atoms with E-state index in [0.717, 1.165) is 15.8 Å². The molecule has 0 saturated heterocycles. The summed E-state index contributed by atoms with van der Waals surface area (Å²) in [6.07, 6.45) is 0.838. The van der Waals surface area contributed by atoms with Gasteiger partial charge in [-0.15, -0.1) is 5.10 Å². The predicted molar refractivity (Wildman–Crippen MR) is 82.4 cm³/mol. The van der Waals surface area contributed by atoms with Gasteiger partial charge in [-0.1, -0.05) is 13.0 Å². The third-order valence-corrected chi connectivity index (χ3v) is 4.33. The van der Waals surface area contributed by atoms with Crippen LogP contribution in [0.15, 0.2) is 37.5 Å². The molecule has 106 valence electrons. The molecule has 0 aliphatic rings. The Kier molecular flexibility index (Phi) is 4.66. The summed E-state index contributed by atoms with van der Waals surface area (Å²) in [6, 6.07) is 5.53. The zero-order valence-electron chi connectivity index (χ0n) is 10.8. The highest BCUT2D eigenvalue weighted by Gasteiger charge is 2.15. The number of H-pyrrole nitrogens is 1. The normalized spacial score (nSPS) is 10.7. The second-order valence-corrected chi connectivity index (χ2v) is 5.96. The number of nitrogens with two attached hydrogens (primary N) is 1. The minimum atomic E-state index is -0.228. The van der Waals surface area contributed by atoms with E-state index >= 15 is 0 Å². The molecule has 4 N–H and O–H groups in total. The zero-order chi connectivity index (χ0) is 14.7. The summed E-state index contributed by atoms with van der Waals surface area (Å²) in [6.45, 7) is 2.59. The van der Waals surface area contributed by atoms with Gasteiger partial charge >= 0.3 is 5.69 Å². The van der Waals surface area contributed by atoms with Gasteiger partial charge in [-0.3, -0.25) is 9.98 Å². The molecule has 2 aromatic rings. The molecule has 1 aromatic heterocycles. The molecule has 0 unspecified atom stereocenters. The average Bonchev–Trinajstić information content (AvgIpc) is 2.72. The molecule has 20 heavy (non-hydrogen) atoms. The SMILES string of the molecule is CCCn1c(Sc2cccc(Br)c2C(=N)N)n[nH]c1=O. The number of nitrogen functional groups attached to an aromatic ring is 1. The summed E-state index contributed by atoms with van der Waals surface area (Å²) < 4.78 is 2.32. The van der Waals surface area contributed by atoms with Crippen molar-refractivity contribution in [2.45, 2.75) is 29.9 Å². The smallest absolute Gasteiger partial charge is 0.343 e. The van der Waals surface area contributed by atoms with Crippen LogP contribution < -0.4 is 11.4 Å². The summed E-state index contributed by atoms with van der Waals surface area (Å²) in [4.78, 5) is 12.4. The van der Waals surface area contributed by atoms with E-state index in [-0.39, 0.29) is 11.5 Å². The third kappa shape index (κ3) is 2.96. The first-order valence-corrected chi connectivity index (χ1v) is 7.61. The Bertz CT molecular complexity index is 693. The number of amidine groups is 1. The van der Waals surface area contributed by atoms with Crippen molar-refractivity contribution in [1.29, 1.82) is 5.41 Å². The van der Waals surface area contributed by atoms with Gasteiger partial charge in [0.1, 0.15) is 5.84 Å². The first kappa shape index (κ1) is 14.9. The standard InChI is InChI=1S/C12H14BrN5OS/c1-2-6-18-11(19)16-17-12(18)20-8-5-3-4-7(13)9(8)10(14)15/h3-5H,2,6H2,1H3,(H3,14,15)(H,16,19). The zero-order valence-corrected chi connectivity index (χ0v) is 13.2. The number of hydrogen-bond donors (Lipinski definition) is 3. The van der Waals surface area contributed by atoms with Crippen molar-refractivity contribution in [1.82, 2.24) is 14.8 Å². The Morgan fingerprint density at radius 3 is 3.00 bits per heavy atom. The number of hydrogen-bond acceptors (Lipinski definition) is 4. The topological polar surface area (TPSA) is 101 Å². The van der Waals surface area contributed by atoms with Crippen LogP contribution in [0, 0.1) is 5.41 Å². The molecule has 0 aliphatic carbocycles. The fourth-order valence-corrected chi connectivity index (χ4v) is 3.50. The van der Waals surface area contributed by atoms with Crippen molar-refractivity contribution < 1.29 is 0 Å². The summed E-state index contributed by atoms with van der Waals surface area (Å²) in [5.74, 6) is -0.0279. The van der Waals surface area contributed by atoms with E-state index in [0.29, 0.717) is 17.3 Å². The maximum absolute atomic E-state index is 11.7. The van der Waals surface area contributed by atoms with Crippen LogP contribution in [0.4, 0.5) is 0 Å². The van der Waals surface area contributed by atoms with E-state index < -0.39 is 0 Å². The van der Waals surface area contributed by atoms with Crippen molar-refractivity contribution in [2.24, 2.45) is 5.73 Å². The van der Waals surface area contributed by atoms with Gasteiger partial charge in [0.2, 0.25) is 0 Å². The van der Waals surface area contributed by atoms with Gasteiger partial charge in [0.05, 0.1) is 0 Å². The van der Waals surface area contributed by atoms with Gasteiger partial charge in [-0.2, -0.15) is 0 Å². The van der Waals surface area contributed by atoms with E-state index in [2.05, 4.69) is 26.1 Å². The third-order valence-electron chi connectivity index (χ3n) is 2.62. The Morgan fingerprint density at radius 2 is 2.35 bits per heavy atom. The Hall–Kier alpha value is -1.54. The largest absolute Gasteiger partial charge is 0.384 e. The summed E-state index contributed by atoms with van der Waals surface area (Å²) in [7, 11) is 0. The lowest BCUT2D eigenvalue weighted by molar-refractivity contribution is 0.604. The molecule has 6 nitrogen and oxygen atoms in total. The van der Waals surface area contributed by atoms with E-state index in [1.165, 1.54) is 11.8 Å². The Morgan fingerprint density at radius 1 is 1.60 bits per heavy atom. The average molecular weight is 356 g/mol. The second kappa shape index (κ2) is 6.27. The highest BCUT2D eigenvalue weighted by atomic mass is 79.9. The summed E-state index contributed by atoms with van der Waals surface area (Å²) >= 11 is 4.70. The number of nitrogens with zero attached hydrogens (tertiary/aromatic N) is 2. The molecule has 0 spiro atoms. The molecule has 0 saturated carbocycles.